The number of carbonyl (C=O) groups is 1. The van der Waals surface area contributed by atoms with Gasteiger partial charge < -0.3 is 10.1 Å². The average molecular weight is 357 g/mol. The van der Waals surface area contributed by atoms with Gasteiger partial charge >= 0.3 is 0 Å². The average Bonchev–Trinajstić information content (AvgIpc) is 3.26. The number of aromatic nitrogens is 2. The number of rotatable bonds is 5. The van der Waals surface area contributed by atoms with Gasteiger partial charge in [0.15, 0.2) is 4.96 Å². The van der Waals surface area contributed by atoms with Crippen molar-refractivity contribution in [1.29, 1.82) is 0 Å². The van der Waals surface area contributed by atoms with Crippen molar-refractivity contribution in [2.24, 2.45) is 0 Å². The summed E-state index contributed by atoms with van der Waals surface area (Å²) >= 11 is 3.02. The van der Waals surface area contributed by atoms with Gasteiger partial charge in [0.2, 0.25) is 0 Å². The third kappa shape index (κ3) is 2.71. The van der Waals surface area contributed by atoms with Gasteiger partial charge in [0.25, 0.3) is 5.91 Å². The molecule has 4 aromatic rings. The summed E-state index contributed by atoms with van der Waals surface area (Å²) < 4.78 is 7.22. The molecule has 4 rings (SSSR count). The Morgan fingerprint density at radius 2 is 2.17 bits per heavy atom. The summed E-state index contributed by atoms with van der Waals surface area (Å²) in [4.78, 5) is 19.5. The van der Waals surface area contributed by atoms with Gasteiger partial charge in [-0.05, 0) is 17.2 Å². The monoisotopic (exact) mass is 357 g/mol. The first-order valence-electron chi connectivity index (χ1n) is 7.45. The Morgan fingerprint density at radius 1 is 1.33 bits per heavy atom. The normalized spacial score (nSPS) is 11.4. The van der Waals surface area contributed by atoms with Crippen molar-refractivity contribution < 1.29 is 9.53 Å². The van der Waals surface area contributed by atoms with Crippen LogP contribution in [0.1, 0.15) is 20.8 Å². The minimum atomic E-state index is -0.0748. The van der Waals surface area contributed by atoms with Crippen molar-refractivity contribution >= 4 is 43.9 Å². The highest BCUT2D eigenvalue weighted by molar-refractivity contribution is 7.21. The Morgan fingerprint density at radius 3 is 3.00 bits per heavy atom. The highest BCUT2D eigenvalue weighted by Crippen LogP contribution is 2.28. The van der Waals surface area contributed by atoms with Crippen LogP contribution in [0.5, 0.6) is 0 Å². The summed E-state index contributed by atoms with van der Waals surface area (Å²) in [5, 5.41) is 4.98. The zero-order chi connectivity index (χ0) is 16.5. The van der Waals surface area contributed by atoms with Crippen LogP contribution < -0.4 is 5.32 Å². The van der Waals surface area contributed by atoms with Crippen molar-refractivity contribution in [2.75, 3.05) is 7.11 Å². The van der Waals surface area contributed by atoms with Crippen LogP contribution in [-0.2, 0) is 17.9 Å². The maximum absolute atomic E-state index is 12.5. The third-order valence-corrected chi connectivity index (χ3v) is 5.59. The van der Waals surface area contributed by atoms with Gasteiger partial charge in [-0.1, -0.05) is 24.3 Å². The van der Waals surface area contributed by atoms with Crippen LogP contribution in [0.4, 0.5) is 0 Å². The van der Waals surface area contributed by atoms with E-state index in [1.165, 1.54) is 11.3 Å². The predicted molar refractivity (Wildman–Crippen MR) is 96.8 cm³/mol. The number of nitrogens with zero attached hydrogens (tertiary/aromatic N) is 2. The van der Waals surface area contributed by atoms with E-state index in [1.807, 2.05) is 46.3 Å². The summed E-state index contributed by atoms with van der Waals surface area (Å²) in [6.45, 7) is 1.02. The van der Waals surface area contributed by atoms with Gasteiger partial charge in [-0.3, -0.25) is 9.20 Å². The Kier molecular flexibility index (Phi) is 4.05. The van der Waals surface area contributed by atoms with Gasteiger partial charge in [-0.15, -0.1) is 22.7 Å². The van der Waals surface area contributed by atoms with E-state index in [0.29, 0.717) is 18.0 Å². The van der Waals surface area contributed by atoms with Crippen molar-refractivity contribution in [1.82, 2.24) is 14.7 Å². The molecule has 0 radical (unpaired) electrons. The molecule has 0 spiro atoms. The number of nitrogens with one attached hydrogen (secondary N) is 1. The second-order valence-corrected chi connectivity index (χ2v) is 7.26. The zero-order valence-electron chi connectivity index (χ0n) is 13.0. The summed E-state index contributed by atoms with van der Waals surface area (Å²) in [7, 11) is 1.67. The smallest absolute Gasteiger partial charge is 0.261 e. The van der Waals surface area contributed by atoms with E-state index < -0.39 is 0 Å². The van der Waals surface area contributed by atoms with Crippen molar-refractivity contribution in [3.05, 3.63) is 57.9 Å². The Hall–Kier alpha value is -2.22. The highest BCUT2D eigenvalue weighted by Gasteiger charge is 2.15. The lowest BCUT2D eigenvalue weighted by atomic mass is 10.1. The van der Waals surface area contributed by atoms with Crippen LogP contribution in [0.2, 0.25) is 0 Å². The number of thiophene rings is 1. The number of benzene rings is 1. The van der Waals surface area contributed by atoms with E-state index in [2.05, 4.69) is 10.3 Å². The molecule has 0 saturated heterocycles. The maximum atomic E-state index is 12.5. The van der Waals surface area contributed by atoms with Crippen LogP contribution in [0.3, 0.4) is 0 Å². The fourth-order valence-corrected chi connectivity index (χ4v) is 4.36. The third-order valence-electron chi connectivity index (χ3n) is 3.82. The molecule has 7 heteroatoms. The molecule has 1 N–H and O–H groups in total. The molecular formula is C17H15N3O2S2. The van der Waals surface area contributed by atoms with E-state index in [0.717, 1.165) is 26.4 Å². The van der Waals surface area contributed by atoms with Gasteiger partial charge in [0, 0.05) is 25.2 Å². The van der Waals surface area contributed by atoms with Crippen LogP contribution in [-0.4, -0.2) is 22.4 Å². The molecule has 3 heterocycles. The van der Waals surface area contributed by atoms with Crippen molar-refractivity contribution in [3.8, 4) is 0 Å². The van der Waals surface area contributed by atoms with Crippen molar-refractivity contribution in [3.63, 3.8) is 0 Å². The molecule has 0 aliphatic carbocycles. The quantitative estimate of drug-likeness (QED) is 0.593. The summed E-state index contributed by atoms with van der Waals surface area (Å²) in [6, 6.07) is 9.86. The molecule has 0 aliphatic rings. The second-order valence-electron chi connectivity index (χ2n) is 5.35. The molecular weight excluding hydrogens is 342 g/mol. The molecule has 0 atom stereocenters. The lowest BCUT2D eigenvalue weighted by molar-refractivity contribution is 0.0954. The largest absolute Gasteiger partial charge is 0.380 e. The van der Waals surface area contributed by atoms with E-state index in [4.69, 9.17) is 4.74 Å². The minimum Gasteiger partial charge on any atom is -0.380 e. The molecule has 1 amide bonds. The molecule has 3 aromatic heterocycles. The van der Waals surface area contributed by atoms with E-state index in [9.17, 15) is 4.79 Å². The number of imidazole rings is 1. The molecule has 5 nitrogen and oxygen atoms in total. The number of hydrogen-bond acceptors (Lipinski definition) is 5. The molecule has 24 heavy (non-hydrogen) atoms. The maximum Gasteiger partial charge on any atom is 0.261 e. The van der Waals surface area contributed by atoms with Gasteiger partial charge in [-0.25, -0.2) is 4.98 Å². The lowest BCUT2D eigenvalue weighted by Crippen LogP contribution is -2.22. The Bertz CT molecular complexity index is 1020. The fourth-order valence-electron chi connectivity index (χ4n) is 2.65. The SMILES string of the molecule is COCc1ccccc1CNC(=O)c1cc2c(nc3sccn32)s1. The topological polar surface area (TPSA) is 55.6 Å². The van der Waals surface area contributed by atoms with E-state index in [1.54, 1.807) is 18.4 Å². The first-order chi connectivity index (χ1) is 11.8. The van der Waals surface area contributed by atoms with Crippen LogP contribution in [0.15, 0.2) is 41.9 Å². The summed E-state index contributed by atoms with van der Waals surface area (Å²) in [5.41, 5.74) is 3.14. The van der Waals surface area contributed by atoms with Crippen LogP contribution in [0, 0.1) is 0 Å². The number of hydrogen-bond donors (Lipinski definition) is 1. The van der Waals surface area contributed by atoms with Crippen molar-refractivity contribution in [2.45, 2.75) is 13.2 Å². The molecule has 0 saturated carbocycles. The Labute approximate surface area is 146 Å². The number of carbonyl (C=O) groups excluding carboxylic acids is 1. The number of ether oxygens (including phenoxy) is 1. The van der Waals surface area contributed by atoms with E-state index >= 15 is 0 Å². The van der Waals surface area contributed by atoms with Gasteiger partial charge in [-0.2, -0.15) is 0 Å². The highest BCUT2D eigenvalue weighted by atomic mass is 32.1. The van der Waals surface area contributed by atoms with Gasteiger partial charge in [0.05, 0.1) is 17.0 Å². The standard InChI is InChI=1S/C17H15N3O2S2/c1-22-10-12-5-3-2-4-11(12)9-18-15(21)14-8-13-16(24-14)19-17-20(13)6-7-23-17/h2-8H,9-10H2,1H3,(H,18,21). The molecule has 0 bridgehead atoms. The van der Waals surface area contributed by atoms with Crippen LogP contribution >= 0.6 is 22.7 Å². The van der Waals surface area contributed by atoms with E-state index in [-0.39, 0.29) is 5.91 Å². The lowest BCUT2D eigenvalue weighted by Gasteiger charge is -2.09. The molecule has 1 aromatic carbocycles. The summed E-state index contributed by atoms with van der Waals surface area (Å²) in [6.07, 6.45) is 1.98. The van der Waals surface area contributed by atoms with Gasteiger partial charge in [0.1, 0.15) is 4.83 Å². The first kappa shape index (κ1) is 15.3. The molecule has 0 unspecified atom stereocenters. The number of methoxy groups -OCH3 is 1. The molecule has 122 valence electrons. The summed E-state index contributed by atoms with van der Waals surface area (Å²) in [5.74, 6) is -0.0748. The predicted octanol–water partition coefficient (Wildman–Crippen LogP) is 3.69. The first-order valence-corrected chi connectivity index (χ1v) is 9.15. The molecule has 0 fully saturated rings. The fraction of sp³-hybridized carbons (Fsp3) is 0.176. The zero-order valence-corrected chi connectivity index (χ0v) is 14.6. The molecule has 0 aliphatic heterocycles. The number of thiazole rings is 1. The number of amides is 1. The number of fused-ring (bicyclic) bond motifs is 3. The Balaban J connectivity index is 1.53. The second kappa shape index (κ2) is 6.35. The van der Waals surface area contributed by atoms with Crippen LogP contribution in [0.25, 0.3) is 15.3 Å². The minimum absolute atomic E-state index is 0.0748.